The first-order valence-corrected chi connectivity index (χ1v) is 7.22. The molecule has 26 heavy (non-hydrogen) atoms. The number of aromatic nitrogens is 3. The standard InChI is InChI=1S/C15H14F4N4O3/c1-14(2,13(25)26)20-12(24)11-7-23(22-21-11)6-8-3-4-10(16)9(5-8)15(17,18)19/h3-5,7H,6H2,1-2H3,(H,20,24)(H,25,26). The zero-order chi connectivity index (χ0) is 19.7. The van der Waals surface area contributed by atoms with Crippen molar-refractivity contribution in [3.05, 3.63) is 47.0 Å². The lowest BCUT2D eigenvalue weighted by atomic mass is 10.1. The van der Waals surface area contributed by atoms with E-state index >= 15 is 0 Å². The fourth-order valence-corrected chi connectivity index (χ4v) is 1.96. The lowest BCUT2D eigenvalue weighted by Gasteiger charge is -2.19. The maximum absolute atomic E-state index is 13.3. The van der Waals surface area contributed by atoms with Gasteiger partial charge in [-0.15, -0.1) is 5.10 Å². The second kappa shape index (κ2) is 6.73. The summed E-state index contributed by atoms with van der Waals surface area (Å²) in [5, 5.41) is 18.4. The third-order valence-electron chi connectivity index (χ3n) is 3.41. The SMILES string of the molecule is CC(C)(NC(=O)c1cn(Cc2ccc(F)c(C(F)(F)F)c2)nn1)C(=O)O. The maximum atomic E-state index is 13.3. The number of alkyl halides is 3. The summed E-state index contributed by atoms with van der Waals surface area (Å²) in [6, 6.07) is 2.49. The molecule has 140 valence electrons. The Morgan fingerprint density at radius 3 is 2.50 bits per heavy atom. The Morgan fingerprint density at radius 1 is 1.27 bits per heavy atom. The first kappa shape index (κ1) is 19.3. The Kier molecular flexibility index (Phi) is 5.01. The number of nitrogens with one attached hydrogen (secondary N) is 1. The summed E-state index contributed by atoms with van der Waals surface area (Å²) < 4.78 is 52.5. The van der Waals surface area contributed by atoms with Crippen LogP contribution in [0.2, 0.25) is 0 Å². The summed E-state index contributed by atoms with van der Waals surface area (Å²) in [7, 11) is 0. The Labute approximate surface area is 144 Å². The number of carbonyl (C=O) groups excluding carboxylic acids is 1. The monoisotopic (exact) mass is 374 g/mol. The van der Waals surface area contributed by atoms with E-state index in [1.807, 2.05) is 0 Å². The number of nitrogens with zero attached hydrogens (tertiary/aromatic N) is 3. The molecule has 0 bridgehead atoms. The van der Waals surface area contributed by atoms with Crippen molar-refractivity contribution in [1.82, 2.24) is 20.3 Å². The molecule has 7 nitrogen and oxygen atoms in total. The Hall–Kier alpha value is -2.98. The Bertz CT molecular complexity index is 846. The second-order valence-electron chi connectivity index (χ2n) is 6.00. The van der Waals surface area contributed by atoms with Gasteiger partial charge >= 0.3 is 12.1 Å². The van der Waals surface area contributed by atoms with Crippen LogP contribution in [0.3, 0.4) is 0 Å². The summed E-state index contributed by atoms with van der Waals surface area (Å²) in [6.07, 6.45) is -3.69. The number of aliphatic carboxylic acids is 1. The number of rotatable bonds is 5. The quantitative estimate of drug-likeness (QED) is 0.781. The predicted octanol–water partition coefficient (Wildman–Crippen LogP) is 2.08. The van der Waals surface area contributed by atoms with Crippen molar-refractivity contribution in [2.24, 2.45) is 0 Å². The highest BCUT2D eigenvalue weighted by Gasteiger charge is 2.34. The molecule has 0 atom stereocenters. The van der Waals surface area contributed by atoms with E-state index in [2.05, 4.69) is 15.6 Å². The van der Waals surface area contributed by atoms with Crippen LogP contribution in [0.15, 0.2) is 24.4 Å². The fraction of sp³-hybridized carbons (Fsp3) is 0.333. The van der Waals surface area contributed by atoms with Crippen molar-refractivity contribution < 1.29 is 32.3 Å². The van der Waals surface area contributed by atoms with E-state index in [0.717, 1.165) is 16.9 Å². The summed E-state index contributed by atoms with van der Waals surface area (Å²) >= 11 is 0. The van der Waals surface area contributed by atoms with Crippen molar-refractivity contribution in [3.8, 4) is 0 Å². The van der Waals surface area contributed by atoms with Crippen molar-refractivity contribution in [1.29, 1.82) is 0 Å². The third kappa shape index (κ3) is 4.35. The van der Waals surface area contributed by atoms with Crippen molar-refractivity contribution in [2.75, 3.05) is 0 Å². The topological polar surface area (TPSA) is 97.1 Å². The van der Waals surface area contributed by atoms with Crippen LogP contribution in [0, 0.1) is 5.82 Å². The van der Waals surface area contributed by atoms with Gasteiger partial charge in [0.1, 0.15) is 11.4 Å². The van der Waals surface area contributed by atoms with Crippen LogP contribution >= 0.6 is 0 Å². The number of hydrogen-bond donors (Lipinski definition) is 2. The molecule has 0 fully saturated rings. The molecule has 1 heterocycles. The van der Waals surface area contributed by atoms with E-state index < -0.39 is 35.0 Å². The lowest BCUT2D eigenvalue weighted by molar-refractivity contribution is -0.143. The third-order valence-corrected chi connectivity index (χ3v) is 3.41. The molecule has 0 aliphatic heterocycles. The van der Waals surface area contributed by atoms with E-state index in [9.17, 15) is 27.2 Å². The minimum atomic E-state index is -4.84. The number of carbonyl (C=O) groups is 2. The first-order chi connectivity index (χ1) is 11.9. The van der Waals surface area contributed by atoms with Crippen LogP contribution in [0.4, 0.5) is 17.6 Å². The molecule has 0 radical (unpaired) electrons. The van der Waals surface area contributed by atoms with Gasteiger partial charge < -0.3 is 10.4 Å². The lowest BCUT2D eigenvalue weighted by Crippen LogP contribution is -2.49. The Balaban J connectivity index is 2.16. The van der Waals surface area contributed by atoms with Gasteiger partial charge in [0.15, 0.2) is 5.69 Å². The van der Waals surface area contributed by atoms with E-state index in [-0.39, 0.29) is 17.8 Å². The Morgan fingerprint density at radius 2 is 1.92 bits per heavy atom. The minimum absolute atomic E-state index is 0.0986. The van der Waals surface area contributed by atoms with Gasteiger partial charge in [-0.1, -0.05) is 11.3 Å². The molecule has 2 N–H and O–H groups in total. The molecule has 0 aliphatic carbocycles. The molecular weight excluding hydrogens is 360 g/mol. The van der Waals surface area contributed by atoms with Gasteiger partial charge in [0.2, 0.25) is 0 Å². The van der Waals surface area contributed by atoms with Gasteiger partial charge in [-0.2, -0.15) is 13.2 Å². The second-order valence-corrected chi connectivity index (χ2v) is 6.00. The average Bonchev–Trinajstić information content (AvgIpc) is 2.96. The molecule has 0 saturated carbocycles. The molecule has 1 amide bonds. The molecule has 1 aromatic heterocycles. The van der Waals surface area contributed by atoms with Crippen LogP contribution in [0.25, 0.3) is 0 Å². The van der Waals surface area contributed by atoms with Gasteiger partial charge in [-0.25, -0.2) is 13.9 Å². The van der Waals surface area contributed by atoms with Crippen LogP contribution in [-0.2, 0) is 17.5 Å². The smallest absolute Gasteiger partial charge is 0.419 e. The highest BCUT2D eigenvalue weighted by atomic mass is 19.4. The summed E-state index contributed by atoms with van der Waals surface area (Å²) in [6.45, 7) is 2.36. The predicted molar refractivity (Wildman–Crippen MR) is 79.7 cm³/mol. The number of hydrogen-bond acceptors (Lipinski definition) is 4. The molecule has 2 rings (SSSR count). The van der Waals surface area contributed by atoms with Gasteiger partial charge in [-0.05, 0) is 31.5 Å². The number of carboxylic acid groups (broad SMARTS) is 1. The number of halogens is 4. The molecule has 0 spiro atoms. The molecular formula is C15H14F4N4O3. The van der Waals surface area contributed by atoms with Crippen molar-refractivity contribution in [2.45, 2.75) is 32.1 Å². The molecule has 0 aliphatic rings. The maximum Gasteiger partial charge on any atom is 0.419 e. The summed E-state index contributed by atoms with van der Waals surface area (Å²) in [5.41, 5.74) is -3.06. The van der Waals surface area contributed by atoms with Crippen LogP contribution in [0.5, 0.6) is 0 Å². The summed E-state index contributed by atoms with van der Waals surface area (Å²) in [5.74, 6) is -3.46. The van der Waals surface area contributed by atoms with Gasteiger partial charge in [-0.3, -0.25) is 4.79 Å². The van der Waals surface area contributed by atoms with Gasteiger partial charge in [0.05, 0.1) is 18.3 Å². The highest BCUT2D eigenvalue weighted by Crippen LogP contribution is 2.32. The van der Waals surface area contributed by atoms with Crippen molar-refractivity contribution in [3.63, 3.8) is 0 Å². The van der Waals surface area contributed by atoms with Gasteiger partial charge in [0.25, 0.3) is 5.91 Å². The minimum Gasteiger partial charge on any atom is -0.480 e. The van der Waals surface area contributed by atoms with Crippen LogP contribution in [0.1, 0.15) is 35.5 Å². The van der Waals surface area contributed by atoms with Crippen molar-refractivity contribution >= 4 is 11.9 Å². The molecule has 0 saturated heterocycles. The zero-order valence-electron chi connectivity index (χ0n) is 13.6. The largest absolute Gasteiger partial charge is 0.480 e. The molecule has 11 heteroatoms. The van der Waals surface area contributed by atoms with E-state index in [1.54, 1.807) is 0 Å². The van der Waals surface area contributed by atoms with Crippen LogP contribution < -0.4 is 5.32 Å². The van der Waals surface area contributed by atoms with Gasteiger partial charge in [0, 0.05) is 0 Å². The summed E-state index contributed by atoms with van der Waals surface area (Å²) in [4.78, 5) is 23.0. The fourth-order valence-electron chi connectivity index (χ4n) is 1.96. The number of carboxylic acids is 1. The molecule has 1 aromatic carbocycles. The normalized spacial score (nSPS) is 12.1. The van der Waals surface area contributed by atoms with E-state index in [0.29, 0.717) is 12.1 Å². The first-order valence-electron chi connectivity index (χ1n) is 7.22. The number of amides is 1. The molecule has 2 aromatic rings. The highest BCUT2D eigenvalue weighted by molar-refractivity contribution is 5.95. The zero-order valence-corrected chi connectivity index (χ0v) is 13.6. The van der Waals surface area contributed by atoms with E-state index in [1.165, 1.54) is 13.8 Å². The van der Waals surface area contributed by atoms with Crippen LogP contribution in [-0.4, -0.2) is 37.5 Å². The number of benzene rings is 1. The average molecular weight is 374 g/mol. The van der Waals surface area contributed by atoms with E-state index in [4.69, 9.17) is 5.11 Å². The molecule has 0 unspecified atom stereocenters.